The number of carbonyl (C=O) groups excluding carboxylic acids is 1. The molecule has 4 aliphatic rings. The monoisotopic (exact) mass is 342 g/mol. The zero-order valence-electron chi connectivity index (χ0n) is 16.1. The topological polar surface area (TPSA) is 37.3 Å². The summed E-state index contributed by atoms with van der Waals surface area (Å²) in [4.78, 5) is 11.1. The molecule has 0 amide bonds. The lowest BCUT2D eigenvalue weighted by Crippen LogP contribution is -2.50. The quantitative estimate of drug-likeness (QED) is 0.432. The number of hydrogen-bond acceptors (Lipinski definition) is 2. The molecular weight excluding hydrogens is 308 g/mol. The van der Waals surface area contributed by atoms with Crippen LogP contribution in [-0.2, 0) is 4.79 Å². The van der Waals surface area contributed by atoms with Crippen LogP contribution in [0.3, 0.4) is 0 Å². The minimum atomic E-state index is -0.114. The fourth-order valence-corrected chi connectivity index (χ4v) is 7.31. The minimum Gasteiger partial charge on any atom is -0.393 e. The van der Waals surface area contributed by atoms with E-state index in [-0.39, 0.29) is 6.10 Å². The van der Waals surface area contributed by atoms with Crippen LogP contribution in [0.25, 0.3) is 0 Å². The molecule has 0 bridgehead atoms. The fraction of sp³-hybridized carbons (Fsp3) is 0.783. The first-order chi connectivity index (χ1) is 11.9. The second kappa shape index (κ2) is 6.08. The summed E-state index contributed by atoms with van der Waals surface area (Å²) < 4.78 is 0. The van der Waals surface area contributed by atoms with Gasteiger partial charge in [0, 0.05) is 0 Å². The molecule has 3 fully saturated rings. The molecule has 1 N–H and O–H groups in total. The SMILES string of the molecule is CC(C=O)=C[C@H]1CC[C@H]2[C@@H]3CC=C4C[C@@H](O)CC[C@]4(C)[C@H]3CC[C@]12C. The van der Waals surface area contributed by atoms with E-state index in [1.54, 1.807) is 5.57 Å². The largest absolute Gasteiger partial charge is 0.393 e. The van der Waals surface area contributed by atoms with E-state index < -0.39 is 0 Å². The van der Waals surface area contributed by atoms with Gasteiger partial charge in [0.2, 0.25) is 0 Å². The van der Waals surface area contributed by atoms with Crippen LogP contribution in [-0.4, -0.2) is 17.5 Å². The summed E-state index contributed by atoms with van der Waals surface area (Å²) in [5, 5.41) is 10.1. The number of hydrogen-bond donors (Lipinski definition) is 1. The summed E-state index contributed by atoms with van der Waals surface area (Å²) in [5.74, 6) is 2.98. The van der Waals surface area contributed by atoms with Crippen LogP contribution in [0.15, 0.2) is 23.3 Å². The van der Waals surface area contributed by atoms with E-state index >= 15 is 0 Å². The van der Waals surface area contributed by atoms with Crippen LogP contribution in [0.5, 0.6) is 0 Å². The first-order valence-corrected chi connectivity index (χ1v) is 10.4. The van der Waals surface area contributed by atoms with Crippen LogP contribution in [0.1, 0.15) is 72.1 Å². The van der Waals surface area contributed by atoms with Crippen molar-refractivity contribution < 1.29 is 9.90 Å². The lowest BCUT2D eigenvalue weighted by atomic mass is 9.47. The average molecular weight is 343 g/mol. The highest BCUT2D eigenvalue weighted by molar-refractivity contribution is 5.72. The highest BCUT2D eigenvalue weighted by Gasteiger charge is 2.58. The van der Waals surface area contributed by atoms with Crippen molar-refractivity contribution in [2.45, 2.75) is 78.2 Å². The molecule has 0 unspecified atom stereocenters. The molecular formula is C23H34O2. The van der Waals surface area contributed by atoms with Crippen molar-refractivity contribution in [3.63, 3.8) is 0 Å². The molecule has 0 aliphatic heterocycles. The maximum absolute atomic E-state index is 11.1. The van der Waals surface area contributed by atoms with E-state index in [2.05, 4.69) is 26.0 Å². The maximum Gasteiger partial charge on any atom is 0.145 e. The molecule has 0 aromatic carbocycles. The van der Waals surface area contributed by atoms with Crippen molar-refractivity contribution in [2.24, 2.45) is 34.5 Å². The molecule has 4 aliphatic carbocycles. The van der Waals surface area contributed by atoms with Gasteiger partial charge in [-0.05, 0) is 98.4 Å². The lowest BCUT2D eigenvalue weighted by molar-refractivity contribution is -0.104. The number of rotatable bonds is 2. The highest BCUT2D eigenvalue weighted by Crippen LogP contribution is 2.66. The third-order valence-corrected chi connectivity index (χ3v) is 8.80. The summed E-state index contributed by atoms with van der Waals surface area (Å²) in [5.41, 5.74) is 3.17. The summed E-state index contributed by atoms with van der Waals surface area (Å²) in [6.07, 6.45) is 15.2. The average Bonchev–Trinajstić information content (AvgIpc) is 2.92. The van der Waals surface area contributed by atoms with Crippen LogP contribution >= 0.6 is 0 Å². The predicted octanol–water partition coefficient (Wildman–Crippen LogP) is 5.07. The fourth-order valence-electron chi connectivity index (χ4n) is 7.31. The van der Waals surface area contributed by atoms with Gasteiger partial charge in [0.1, 0.15) is 6.29 Å². The van der Waals surface area contributed by atoms with Gasteiger partial charge in [0.05, 0.1) is 6.10 Å². The first kappa shape index (κ1) is 17.5. The number of fused-ring (bicyclic) bond motifs is 5. The van der Waals surface area contributed by atoms with E-state index in [1.165, 1.54) is 32.1 Å². The smallest absolute Gasteiger partial charge is 0.145 e. The van der Waals surface area contributed by atoms with Crippen LogP contribution in [0, 0.1) is 34.5 Å². The van der Waals surface area contributed by atoms with Crippen molar-refractivity contribution in [1.82, 2.24) is 0 Å². The van der Waals surface area contributed by atoms with Gasteiger partial charge >= 0.3 is 0 Å². The Hall–Kier alpha value is -0.890. The Balaban J connectivity index is 1.63. The molecule has 2 nitrogen and oxygen atoms in total. The molecule has 0 aromatic heterocycles. The molecule has 3 saturated carbocycles. The number of aldehydes is 1. The molecule has 2 heteroatoms. The summed E-state index contributed by atoms with van der Waals surface area (Å²) in [6.45, 7) is 6.96. The zero-order valence-corrected chi connectivity index (χ0v) is 16.1. The van der Waals surface area contributed by atoms with Gasteiger partial charge in [0.25, 0.3) is 0 Å². The van der Waals surface area contributed by atoms with Crippen molar-refractivity contribution in [3.05, 3.63) is 23.3 Å². The van der Waals surface area contributed by atoms with Gasteiger partial charge in [0.15, 0.2) is 0 Å². The van der Waals surface area contributed by atoms with Crippen molar-refractivity contribution in [3.8, 4) is 0 Å². The zero-order chi connectivity index (χ0) is 17.8. The maximum atomic E-state index is 11.1. The van der Waals surface area contributed by atoms with Crippen LogP contribution < -0.4 is 0 Å². The Kier molecular flexibility index (Phi) is 4.26. The van der Waals surface area contributed by atoms with Gasteiger partial charge in [-0.1, -0.05) is 31.6 Å². The molecule has 0 spiro atoms. The Labute approximate surface area is 152 Å². The Morgan fingerprint density at radius 2 is 1.96 bits per heavy atom. The highest BCUT2D eigenvalue weighted by atomic mass is 16.3. The van der Waals surface area contributed by atoms with Gasteiger partial charge < -0.3 is 5.11 Å². The van der Waals surface area contributed by atoms with Gasteiger partial charge in [-0.15, -0.1) is 0 Å². The summed E-state index contributed by atoms with van der Waals surface area (Å²) in [6, 6.07) is 0. The van der Waals surface area contributed by atoms with Crippen molar-refractivity contribution in [2.75, 3.05) is 0 Å². The van der Waals surface area contributed by atoms with E-state index in [0.717, 1.165) is 48.9 Å². The molecule has 0 aromatic rings. The number of allylic oxidation sites excluding steroid dienone is 3. The first-order valence-electron chi connectivity index (χ1n) is 10.4. The van der Waals surface area contributed by atoms with E-state index in [0.29, 0.717) is 16.7 Å². The van der Waals surface area contributed by atoms with Crippen LogP contribution in [0.4, 0.5) is 0 Å². The minimum absolute atomic E-state index is 0.114. The summed E-state index contributed by atoms with van der Waals surface area (Å²) in [7, 11) is 0. The van der Waals surface area contributed by atoms with Crippen LogP contribution in [0.2, 0.25) is 0 Å². The number of aliphatic hydroxyl groups excluding tert-OH is 1. The van der Waals surface area contributed by atoms with Gasteiger partial charge in [-0.2, -0.15) is 0 Å². The second-order valence-electron chi connectivity index (χ2n) is 9.91. The van der Waals surface area contributed by atoms with Gasteiger partial charge in [-0.3, -0.25) is 4.79 Å². The van der Waals surface area contributed by atoms with E-state index in [4.69, 9.17) is 0 Å². The molecule has 0 saturated heterocycles. The standard InChI is InChI=1S/C23H34O2/c1-15(14-24)12-16-5-7-20-19-6-4-17-13-18(25)8-10-22(17,2)21(19)9-11-23(16,20)3/h4,12,14,16,18-21,25H,5-11,13H2,1-3H3/t16-,18+,19+,20+,21+,22+,23-/m1/s1. The van der Waals surface area contributed by atoms with Gasteiger partial charge in [-0.25, -0.2) is 0 Å². The third-order valence-electron chi connectivity index (χ3n) is 8.80. The van der Waals surface area contributed by atoms with E-state index in [9.17, 15) is 9.90 Å². The second-order valence-corrected chi connectivity index (χ2v) is 9.91. The predicted molar refractivity (Wildman–Crippen MR) is 101 cm³/mol. The number of carbonyl (C=O) groups is 1. The van der Waals surface area contributed by atoms with E-state index in [1.807, 2.05) is 6.92 Å². The lowest BCUT2D eigenvalue weighted by Gasteiger charge is -2.58. The molecule has 25 heavy (non-hydrogen) atoms. The third kappa shape index (κ3) is 2.59. The number of aliphatic hydroxyl groups is 1. The molecule has 138 valence electrons. The molecule has 7 atom stereocenters. The van der Waals surface area contributed by atoms with Crippen molar-refractivity contribution >= 4 is 6.29 Å². The molecule has 0 radical (unpaired) electrons. The Bertz CT molecular complexity index is 618. The molecule has 4 rings (SSSR count). The normalized spacial score (nSPS) is 49.7. The Morgan fingerprint density at radius 1 is 1.16 bits per heavy atom. The Morgan fingerprint density at radius 3 is 2.72 bits per heavy atom. The summed E-state index contributed by atoms with van der Waals surface area (Å²) >= 11 is 0. The molecule has 0 heterocycles. The van der Waals surface area contributed by atoms with Crippen molar-refractivity contribution in [1.29, 1.82) is 0 Å².